The first-order valence-electron chi connectivity index (χ1n) is 5.23. The number of carbonyl (C=O) groups is 1. The minimum Gasteiger partial charge on any atom is -0.481 e. The Bertz CT molecular complexity index is 566. The van der Waals surface area contributed by atoms with Gasteiger partial charge in [-0.3, -0.25) is 4.79 Å². The number of aryl methyl sites for hydroxylation is 1. The molecule has 0 radical (unpaired) electrons. The van der Waals surface area contributed by atoms with Crippen molar-refractivity contribution in [2.24, 2.45) is 0 Å². The Morgan fingerprint density at radius 1 is 1.44 bits per heavy atom. The summed E-state index contributed by atoms with van der Waals surface area (Å²) in [4.78, 5) is 10.6. The van der Waals surface area contributed by atoms with Crippen molar-refractivity contribution >= 4 is 17.7 Å². The molecule has 0 saturated carbocycles. The molecule has 0 amide bonds. The Labute approximate surface area is 107 Å². The summed E-state index contributed by atoms with van der Waals surface area (Å²) in [7, 11) is 0. The molecule has 2 aromatic rings. The first-order valence-corrected chi connectivity index (χ1v) is 6.22. The smallest absolute Gasteiger partial charge is 0.313 e. The molecule has 6 heteroatoms. The molecular weight excluding hydrogens is 255 g/mol. The molecule has 18 heavy (non-hydrogen) atoms. The van der Waals surface area contributed by atoms with E-state index in [1.807, 2.05) is 6.92 Å². The second kappa shape index (κ2) is 5.22. The number of hydrogen-bond acceptors (Lipinski definition) is 3. The monoisotopic (exact) mass is 266 g/mol. The third-order valence-corrected chi connectivity index (χ3v) is 3.19. The Balaban J connectivity index is 2.31. The lowest BCUT2D eigenvalue weighted by atomic mass is 10.3. The summed E-state index contributed by atoms with van der Waals surface area (Å²) in [6.07, 6.45) is 0. The van der Waals surface area contributed by atoms with Gasteiger partial charge in [0, 0.05) is 0 Å². The molecule has 4 nitrogen and oxygen atoms in total. The molecule has 0 bridgehead atoms. The van der Waals surface area contributed by atoms with Gasteiger partial charge in [-0.05, 0) is 37.3 Å². The molecule has 94 valence electrons. The average Bonchev–Trinajstić information content (AvgIpc) is 2.69. The van der Waals surface area contributed by atoms with Gasteiger partial charge in [0.1, 0.15) is 10.8 Å². The Morgan fingerprint density at radius 2 is 2.11 bits per heavy atom. The van der Waals surface area contributed by atoms with Crippen molar-refractivity contribution in [3.05, 3.63) is 41.8 Å². The zero-order chi connectivity index (χ0) is 13.1. The van der Waals surface area contributed by atoms with E-state index >= 15 is 0 Å². The van der Waals surface area contributed by atoms with Crippen molar-refractivity contribution in [1.29, 1.82) is 0 Å². The van der Waals surface area contributed by atoms with Crippen LogP contribution in [0.2, 0.25) is 0 Å². The van der Waals surface area contributed by atoms with Crippen LogP contribution < -0.4 is 0 Å². The first kappa shape index (κ1) is 12.6. The number of hydrogen-bond donors (Lipinski definition) is 1. The van der Waals surface area contributed by atoms with Gasteiger partial charge in [0.15, 0.2) is 0 Å². The fourth-order valence-corrected chi connectivity index (χ4v) is 2.28. The van der Waals surface area contributed by atoms with Gasteiger partial charge < -0.3 is 5.11 Å². The van der Waals surface area contributed by atoms with Gasteiger partial charge in [-0.2, -0.15) is 5.10 Å². The van der Waals surface area contributed by atoms with E-state index < -0.39 is 5.97 Å². The van der Waals surface area contributed by atoms with E-state index in [1.165, 1.54) is 23.9 Å². The first-order chi connectivity index (χ1) is 8.56. The van der Waals surface area contributed by atoms with Crippen LogP contribution in [0.3, 0.4) is 0 Å². The maximum Gasteiger partial charge on any atom is 0.313 e. The molecule has 1 N–H and O–H groups in total. The van der Waals surface area contributed by atoms with Crippen LogP contribution in [0.1, 0.15) is 5.69 Å². The summed E-state index contributed by atoms with van der Waals surface area (Å²) < 4.78 is 14.5. The van der Waals surface area contributed by atoms with Crippen molar-refractivity contribution in [2.75, 3.05) is 5.75 Å². The topological polar surface area (TPSA) is 55.1 Å². The van der Waals surface area contributed by atoms with Crippen molar-refractivity contribution in [3.8, 4) is 5.69 Å². The molecule has 1 aromatic heterocycles. The molecule has 0 fully saturated rings. The lowest BCUT2D eigenvalue weighted by Gasteiger charge is -2.05. The number of halogens is 1. The van der Waals surface area contributed by atoms with Gasteiger partial charge in [-0.1, -0.05) is 11.8 Å². The summed E-state index contributed by atoms with van der Waals surface area (Å²) in [6, 6.07) is 7.70. The number of aliphatic carboxylic acids is 1. The van der Waals surface area contributed by atoms with Gasteiger partial charge in [-0.15, -0.1) is 0 Å². The second-order valence-electron chi connectivity index (χ2n) is 3.69. The number of carboxylic acids is 1. The SMILES string of the molecule is Cc1cc(SCC(=O)O)n(-c2ccc(F)cc2)n1. The van der Waals surface area contributed by atoms with Crippen LogP contribution in [0, 0.1) is 12.7 Å². The van der Waals surface area contributed by atoms with Crippen LogP contribution in [0.4, 0.5) is 4.39 Å². The van der Waals surface area contributed by atoms with E-state index in [2.05, 4.69) is 5.10 Å². The molecular formula is C12H11FN2O2S. The summed E-state index contributed by atoms with van der Waals surface area (Å²) in [6.45, 7) is 1.82. The third kappa shape index (κ3) is 2.89. The lowest BCUT2D eigenvalue weighted by molar-refractivity contribution is -0.133. The minimum atomic E-state index is -0.885. The van der Waals surface area contributed by atoms with Crippen molar-refractivity contribution in [1.82, 2.24) is 9.78 Å². The highest BCUT2D eigenvalue weighted by atomic mass is 32.2. The van der Waals surface area contributed by atoms with E-state index in [4.69, 9.17) is 5.11 Å². The number of benzene rings is 1. The van der Waals surface area contributed by atoms with Gasteiger partial charge in [0.25, 0.3) is 0 Å². The molecule has 0 aliphatic heterocycles. The Hall–Kier alpha value is -1.82. The van der Waals surface area contributed by atoms with Crippen LogP contribution in [0.15, 0.2) is 35.4 Å². The van der Waals surface area contributed by atoms with Gasteiger partial charge >= 0.3 is 5.97 Å². The summed E-state index contributed by atoms with van der Waals surface area (Å²) in [5.41, 5.74) is 1.49. The zero-order valence-corrected chi connectivity index (χ0v) is 10.4. The van der Waals surface area contributed by atoms with E-state index in [0.717, 1.165) is 10.7 Å². The molecule has 0 atom stereocenters. The van der Waals surface area contributed by atoms with Crippen LogP contribution in [-0.4, -0.2) is 26.6 Å². The minimum absolute atomic E-state index is 0.0354. The van der Waals surface area contributed by atoms with Crippen LogP contribution in [-0.2, 0) is 4.79 Å². The molecule has 0 unspecified atom stereocenters. The number of aromatic nitrogens is 2. The highest BCUT2D eigenvalue weighted by molar-refractivity contribution is 7.99. The summed E-state index contributed by atoms with van der Waals surface area (Å²) in [5.74, 6) is -1.24. The molecule has 1 aromatic carbocycles. The molecule has 0 aliphatic rings. The van der Waals surface area contributed by atoms with Crippen molar-refractivity contribution < 1.29 is 14.3 Å². The molecule has 0 saturated heterocycles. The maximum absolute atomic E-state index is 12.8. The molecule has 0 spiro atoms. The third-order valence-electron chi connectivity index (χ3n) is 2.21. The van der Waals surface area contributed by atoms with E-state index in [1.54, 1.807) is 22.9 Å². The summed E-state index contributed by atoms with van der Waals surface area (Å²) in [5, 5.41) is 13.7. The fraction of sp³-hybridized carbons (Fsp3) is 0.167. The standard InChI is InChI=1S/C12H11FN2O2S/c1-8-6-11(18-7-12(16)17)15(14-8)10-4-2-9(13)3-5-10/h2-6H,7H2,1H3,(H,16,17). The summed E-state index contributed by atoms with van der Waals surface area (Å²) >= 11 is 1.18. The molecule has 0 aliphatic carbocycles. The fourth-order valence-electron chi connectivity index (χ4n) is 1.48. The number of nitrogens with zero attached hydrogens (tertiary/aromatic N) is 2. The molecule has 1 heterocycles. The van der Waals surface area contributed by atoms with E-state index in [0.29, 0.717) is 5.69 Å². The van der Waals surface area contributed by atoms with Crippen molar-refractivity contribution in [2.45, 2.75) is 11.9 Å². The number of carboxylic acid groups (broad SMARTS) is 1. The quantitative estimate of drug-likeness (QED) is 0.864. The van der Waals surface area contributed by atoms with Crippen LogP contribution >= 0.6 is 11.8 Å². The largest absolute Gasteiger partial charge is 0.481 e. The van der Waals surface area contributed by atoms with E-state index in [-0.39, 0.29) is 11.6 Å². The predicted octanol–water partition coefficient (Wildman–Crippen LogP) is 2.50. The van der Waals surface area contributed by atoms with Gasteiger partial charge in [0.2, 0.25) is 0 Å². The Kier molecular flexibility index (Phi) is 3.66. The van der Waals surface area contributed by atoms with E-state index in [9.17, 15) is 9.18 Å². The number of rotatable bonds is 4. The second-order valence-corrected chi connectivity index (χ2v) is 4.69. The predicted molar refractivity (Wildman–Crippen MR) is 66.6 cm³/mol. The average molecular weight is 266 g/mol. The molecule has 2 rings (SSSR count). The lowest BCUT2D eigenvalue weighted by Crippen LogP contribution is -2.02. The highest BCUT2D eigenvalue weighted by Crippen LogP contribution is 2.22. The van der Waals surface area contributed by atoms with Gasteiger partial charge in [-0.25, -0.2) is 9.07 Å². The van der Waals surface area contributed by atoms with Crippen LogP contribution in [0.5, 0.6) is 0 Å². The highest BCUT2D eigenvalue weighted by Gasteiger charge is 2.10. The zero-order valence-electron chi connectivity index (χ0n) is 9.63. The maximum atomic E-state index is 12.8. The Morgan fingerprint density at radius 3 is 2.72 bits per heavy atom. The number of thioether (sulfide) groups is 1. The van der Waals surface area contributed by atoms with Crippen molar-refractivity contribution in [3.63, 3.8) is 0 Å². The van der Waals surface area contributed by atoms with Crippen LogP contribution in [0.25, 0.3) is 5.69 Å². The van der Waals surface area contributed by atoms with Gasteiger partial charge in [0.05, 0.1) is 17.1 Å². The normalized spacial score (nSPS) is 10.6.